The summed E-state index contributed by atoms with van der Waals surface area (Å²) >= 11 is 6.21. The van der Waals surface area contributed by atoms with Crippen molar-refractivity contribution in [3.8, 4) is 0 Å². The average Bonchev–Trinajstić information content (AvgIpc) is 3.02. The predicted molar refractivity (Wildman–Crippen MR) is 98.9 cm³/mol. The van der Waals surface area contributed by atoms with E-state index in [2.05, 4.69) is 4.72 Å². The van der Waals surface area contributed by atoms with Crippen LogP contribution in [0.25, 0.3) is 0 Å². The van der Waals surface area contributed by atoms with E-state index in [1.807, 2.05) is 0 Å². The van der Waals surface area contributed by atoms with E-state index in [1.165, 1.54) is 17.2 Å². The zero-order chi connectivity index (χ0) is 20.5. The van der Waals surface area contributed by atoms with Crippen molar-refractivity contribution in [2.24, 2.45) is 0 Å². The minimum absolute atomic E-state index is 0.0929. The molecule has 2 unspecified atom stereocenters. The Kier molecular flexibility index (Phi) is 6.02. The Morgan fingerprint density at radius 3 is 2.61 bits per heavy atom. The highest BCUT2D eigenvalue weighted by Crippen LogP contribution is 2.36. The highest BCUT2D eigenvalue weighted by molar-refractivity contribution is 7.90. The van der Waals surface area contributed by atoms with Gasteiger partial charge in [-0.15, -0.1) is 0 Å². The summed E-state index contributed by atoms with van der Waals surface area (Å²) in [4.78, 5) is 5.40. The van der Waals surface area contributed by atoms with Crippen LogP contribution >= 0.6 is 11.6 Å². The summed E-state index contributed by atoms with van der Waals surface area (Å²) in [6, 6.07) is 10.7. The molecule has 5 nitrogen and oxygen atoms in total. The van der Waals surface area contributed by atoms with E-state index in [0.29, 0.717) is 10.6 Å². The second-order valence-electron chi connectivity index (χ2n) is 6.41. The van der Waals surface area contributed by atoms with Crippen LogP contribution in [0.1, 0.15) is 22.7 Å². The molecule has 1 aliphatic rings. The summed E-state index contributed by atoms with van der Waals surface area (Å²) < 4.78 is 66.6. The lowest BCUT2D eigenvalue weighted by Crippen LogP contribution is -2.39. The maximum atomic E-state index is 12.8. The van der Waals surface area contributed by atoms with E-state index < -0.39 is 33.1 Å². The largest absolute Gasteiger partial charge is 0.416 e. The first-order chi connectivity index (χ1) is 13.1. The van der Waals surface area contributed by atoms with E-state index in [4.69, 9.17) is 16.4 Å². The Morgan fingerprint density at radius 2 is 1.93 bits per heavy atom. The van der Waals surface area contributed by atoms with Crippen LogP contribution in [0.15, 0.2) is 48.5 Å². The van der Waals surface area contributed by atoms with Gasteiger partial charge in [-0.2, -0.15) is 18.2 Å². The number of nitrogens with zero attached hydrogens (tertiary/aromatic N) is 1. The Labute approximate surface area is 166 Å². The molecule has 1 N–H and O–H groups in total. The number of benzene rings is 2. The molecular weight excluding hydrogens is 417 g/mol. The molecule has 2 atom stereocenters. The van der Waals surface area contributed by atoms with Crippen LogP contribution in [-0.4, -0.2) is 32.4 Å². The summed E-state index contributed by atoms with van der Waals surface area (Å²) in [5, 5.41) is 0.862. The Hall–Kier alpha value is -1.65. The highest BCUT2D eigenvalue weighted by Gasteiger charge is 2.43. The van der Waals surface area contributed by atoms with Crippen LogP contribution in [0.2, 0.25) is 5.02 Å². The third kappa shape index (κ3) is 4.49. The number of alkyl halides is 3. The smallest absolute Gasteiger partial charge is 0.297 e. The molecule has 2 aromatic carbocycles. The normalized spacial score (nSPS) is 21.2. The second-order valence-corrected chi connectivity index (χ2v) is 8.80. The van der Waals surface area contributed by atoms with E-state index in [0.717, 1.165) is 12.1 Å². The Bertz CT molecular complexity index is 953. The van der Waals surface area contributed by atoms with E-state index >= 15 is 0 Å². The minimum atomic E-state index is -4.49. The highest BCUT2D eigenvalue weighted by atomic mass is 35.5. The topological polar surface area (TPSA) is 58.6 Å². The lowest BCUT2D eigenvalue weighted by atomic mass is 10.0. The SMILES string of the molecule is CN1OCC(S(=O)(=O)NCc2cccc(C(F)(F)F)c2)C1c1ccccc1Cl. The molecule has 1 heterocycles. The van der Waals surface area contributed by atoms with Gasteiger partial charge in [-0.25, -0.2) is 13.1 Å². The van der Waals surface area contributed by atoms with Crippen LogP contribution < -0.4 is 4.72 Å². The van der Waals surface area contributed by atoms with Gasteiger partial charge in [0.25, 0.3) is 0 Å². The van der Waals surface area contributed by atoms with Crippen molar-refractivity contribution >= 4 is 21.6 Å². The average molecular weight is 435 g/mol. The van der Waals surface area contributed by atoms with E-state index in [1.54, 1.807) is 31.3 Å². The van der Waals surface area contributed by atoms with Gasteiger partial charge in [-0.1, -0.05) is 48.0 Å². The number of hydrogen-bond acceptors (Lipinski definition) is 4. The summed E-state index contributed by atoms with van der Waals surface area (Å²) in [6.07, 6.45) is -4.49. The molecule has 10 heteroatoms. The van der Waals surface area contributed by atoms with Gasteiger partial charge in [0.05, 0.1) is 18.2 Å². The van der Waals surface area contributed by atoms with Gasteiger partial charge in [0.2, 0.25) is 10.0 Å². The van der Waals surface area contributed by atoms with Gasteiger partial charge in [0.1, 0.15) is 5.25 Å². The van der Waals surface area contributed by atoms with Crippen LogP contribution in [0.4, 0.5) is 13.2 Å². The number of hydroxylamine groups is 2. The molecule has 0 amide bonds. The van der Waals surface area contributed by atoms with E-state index in [-0.39, 0.29) is 18.7 Å². The lowest BCUT2D eigenvalue weighted by molar-refractivity contribution is -0.137. The fourth-order valence-corrected chi connectivity index (χ4v) is 4.84. The minimum Gasteiger partial charge on any atom is -0.297 e. The third-order valence-corrected chi connectivity index (χ3v) is 6.62. The maximum Gasteiger partial charge on any atom is 0.416 e. The van der Waals surface area contributed by atoms with Crippen LogP contribution in [0.3, 0.4) is 0 Å². The molecule has 1 aliphatic heterocycles. The summed E-state index contributed by atoms with van der Waals surface area (Å²) in [5.74, 6) is 0. The van der Waals surface area contributed by atoms with Gasteiger partial charge in [-0.3, -0.25) is 4.84 Å². The molecule has 0 radical (unpaired) electrons. The molecule has 0 aromatic heterocycles. The molecule has 3 rings (SSSR count). The molecule has 152 valence electrons. The molecular formula is C18H18ClF3N2O3S. The Morgan fingerprint density at radius 1 is 1.21 bits per heavy atom. The molecule has 1 saturated heterocycles. The molecule has 1 fully saturated rings. The fraction of sp³-hybridized carbons (Fsp3) is 0.333. The van der Waals surface area contributed by atoms with Crippen molar-refractivity contribution in [1.82, 2.24) is 9.79 Å². The molecule has 0 saturated carbocycles. The first-order valence-corrected chi connectivity index (χ1v) is 10.3. The molecule has 0 bridgehead atoms. The van der Waals surface area contributed by atoms with Crippen molar-refractivity contribution in [3.05, 3.63) is 70.2 Å². The maximum absolute atomic E-state index is 12.8. The summed E-state index contributed by atoms with van der Waals surface area (Å²) in [5.41, 5.74) is -0.0272. The van der Waals surface area contributed by atoms with Crippen LogP contribution in [-0.2, 0) is 27.6 Å². The molecule has 0 spiro atoms. The second kappa shape index (κ2) is 8.00. The zero-order valence-electron chi connectivity index (χ0n) is 14.8. The number of rotatable bonds is 5. The summed E-state index contributed by atoms with van der Waals surface area (Å²) in [6.45, 7) is -0.355. The molecule has 28 heavy (non-hydrogen) atoms. The van der Waals surface area contributed by atoms with Crippen molar-refractivity contribution in [3.63, 3.8) is 0 Å². The predicted octanol–water partition coefficient (Wildman–Crippen LogP) is 3.77. The summed E-state index contributed by atoms with van der Waals surface area (Å²) in [7, 11) is -2.30. The monoisotopic (exact) mass is 434 g/mol. The van der Waals surface area contributed by atoms with Crippen molar-refractivity contribution in [2.75, 3.05) is 13.7 Å². The van der Waals surface area contributed by atoms with Gasteiger partial charge in [0, 0.05) is 18.6 Å². The lowest BCUT2D eigenvalue weighted by Gasteiger charge is -2.24. The van der Waals surface area contributed by atoms with Gasteiger partial charge >= 0.3 is 6.18 Å². The quantitative estimate of drug-likeness (QED) is 0.778. The zero-order valence-corrected chi connectivity index (χ0v) is 16.4. The van der Waals surface area contributed by atoms with E-state index in [9.17, 15) is 21.6 Å². The van der Waals surface area contributed by atoms with Crippen molar-refractivity contribution < 1.29 is 26.4 Å². The van der Waals surface area contributed by atoms with Gasteiger partial charge in [-0.05, 0) is 23.3 Å². The van der Waals surface area contributed by atoms with Crippen molar-refractivity contribution in [2.45, 2.75) is 24.0 Å². The first kappa shape index (κ1) is 21.1. The van der Waals surface area contributed by atoms with Crippen LogP contribution in [0, 0.1) is 0 Å². The molecule has 0 aliphatic carbocycles. The number of nitrogens with one attached hydrogen (secondary N) is 1. The Balaban J connectivity index is 1.80. The van der Waals surface area contributed by atoms with Gasteiger partial charge < -0.3 is 0 Å². The van der Waals surface area contributed by atoms with Crippen molar-refractivity contribution in [1.29, 1.82) is 0 Å². The van der Waals surface area contributed by atoms with Gasteiger partial charge in [0.15, 0.2) is 0 Å². The van der Waals surface area contributed by atoms with Crippen LogP contribution in [0.5, 0.6) is 0 Å². The number of halogens is 4. The first-order valence-electron chi connectivity index (χ1n) is 8.34. The molecule has 2 aromatic rings. The third-order valence-electron chi connectivity index (χ3n) is 4.54. The standard InChI is InChI=1S/C18H18ClF3N2O3S/c1-24-17(14-7-2-3-8-15(14)19)16(11-27-24)28(25,26)23-10-12-5-4-6-13(9-12)18(20,21)22/h2-9,16-17,23H,10-11H2,1H3. The number of hydrogen-bond donors (Lipinski definition) is 1. The number of sulfonamides is 1. The fourth-order valence-electron chi connectivity index (χ4n) is 3.12.